The van der Waals surface area contributed by atoms with Gasteiger partial charge in [-0.05, 0) is 43.7 Å². The van der Waals surface area contributed by atoms with Gasteiger partial charge in [0.05, 0.1) is 5.92 Å². The first kappa shape index (κ1) is 13.0. The summed E-state index contributed by atoms with van der Waals surface area (Å²) in [5.41, 5.74) is 0.925. The summed E-state index contributed by atoms with van der Waals surface area (Å²) >= 11 is 0. The number of pyridine rings is 1. The van der Waals surface area contributed by atoms with Crippen LogP contribution in [-0.4, -0.2) is 28.6 Å². The summed E-state index contributed by atoms with van der Waals surface area (Å²) in [7, 11) is 0. The van der Waals surface area contributed by atoms with Crippen molar-refractivity contribution in [3.63, 3.8) is 0 Å². The molecule has 98 valence electrons. The number of hydrogen-bond acceptors (Lipinski definition) is 3. The van der Waals surface area contributed by atoms with E-state index >= 15 is 0 Å². The molecule has 1 heterocycles. The predicted octanol–water partition coefficient (Wildman–Crippen LogP) is 1.46. The highest BCUT2D eigenvalue weighted by molar-refractivity contribution is 5.83. The molecule has 1 saturated carbocycles. The molecule has 2 unspecified atom stereocenters. The molecular weight excluding hydrogens is 228 g/mol. The van der Waals surface area contributed by atoms with Crippen LogP contribution in [0.25, 0.3) is 0 Å². The minimum Gasteiger partial charge on any atom is -0.396 e. The van der Waals surface area contributed by atoms with Crippen LogP contribution in [0.4, 0.5) is 0 Å². The van der Waals surface area contributed by atoms with E-state index in [-0.39, 0.29) is 24.5 Å². The second-order valence-corrected chi connectivity index (χ2v) is 4.97. The molecule has 1 amide bonds. The van der Waals surface area contributed by atoms with E-state index in [9.17, 15) is 4.79 Å². The zero-order valence-electron chi connectivity index (χ0n) is 10.7. The number of carbonyl (C=O) groups is 1. The molecule has 0 radical (unpaired) electrons. The Balaban J connectivity index is 1.94. The predicted molar refractivity (Wildman–Crippen MR) is 69.0 cm³/mol. The van der Waals surface area contributed by atoms with Gasteiger partial charge in [0.15, 0.2) is 0 Å². The number of hydrogen-bond donors (Lipinski definition) is 2. The summed E-state index contributed by atoms with van der Waals surface area (Å²) < 4.78 is 0. The summed E-state index contributed by atoms with van der Waals surface area (Å²) in [6.07, 6.45) is 6.39. The molecule has 1 fully saturated rings. The van der Waals surface area contributed by atoms with Crippen LogP contribution in [0.2, 0.25) is 0 Å². The van der Waals surface area contributed by atoms with E-state index in [0.29, 0.717) is 12.3 Å². The molecule has 2 N–H and O–H groups in total. The largest absolute Gasteiger partial charge is 0.396 e. The SMILES string of the molecule is CC(C(=O)NC(CCO)C1CC1)c1cccnc1. The Morgan fingerprint density at radius 3 is 2.94 bits per heavy atom. The molecule has 1 aromatic rings. The number of rotatable bonds is 6. The van der Waals surface area contributed by atoms with E-state index in [1.807, 2.05) is 19.1 Å². The minimum atomic E-state index is -0.196. The molecule has 2 atom stereocenters. The molecule has 1 aliphatic carbocycles. The Hall–Kier alpha value is -1.42. The third kappa shape index (κ3) is 3.29. The van der Waals surface area contributed by atoms with Crippen LogP contribution in [0.1, 0.15) is 37.7 Å². The van der Waals surface area contributed by atoms with Crippen LogP contribution in [0.5, 0.6) is 0 Å². The van der Waals surface area contributed by atoms with E-state index in [2.05, 4.69) is 10.3 Å². The maximum absolute atomic E-state index is 12.1. The van der Waals surface area contributed by atoms with Crippen molar-refractivity contribution in [3.8, 4) is 0 Å². The number of aromatic nitrogens is 1. The first-order valence-electron chi connectivity index (χ1n) is 6.53. The molecule has 1 aliphatic rings. The molecule has 4 heteroatoms. The lowest BCUT2D eigenvalue weighted by molar-refractivity contribution is -0.123. The fourth-order valence-corrected chi connectivity index (χ4v) is 2.15. The molecule has 1 aromatic heterocycles. The standard InChI is InChI=1S/C14H20N2O2/c1-10(12-3-2-7-15-9-12)14(18)16-13(6-8-17)11-4-5-11/h2-3,7,9-11,13,17H,4-6,8H2,1H3,(H,16,18). The molecule has 2 rings (SSSR count). The average molecular weight is 248 g/mol. The van der Waals surface area contributed by atoms with Crippen molar-refractivity contribution >= 4 is 5.91 Å². The van der Waals surface area contributed by atoms with Gasteiger partial charge in [-0.3, -0.25) is 9.78 Å². The first-order chi connectivity index (χ1) is 8.72. The summed E-state index contributed by atoms with van der Waals surface area (Å²) in [4.78, 5) is 16.2. The lowest BCUT2D eigenvalue weighted by Crippen LogP contribution is -2.39. The highest BCUT2D eigenvalue weighted by Gasteiger charge is 2.32. The van der Waals surface area contributed by atoms with Crippen molar-refractivity contribution in [1.29, 1.82) is 0 Å². The zero-order chi connectivity index (χ0) is 13.0. The lowest BCUT2D eigenvalue weighted by Gasteiger charge is -2.20. The molecule has 0 aromatic carbocycles. The van der Waals surface area contributed by atoms with Crippen molar-refractivity contribution in [2.24, 2.45) is 5.92 Å². The van der Waals surface area contributed by atoms with E-state index in [1.54, 1.807) is 12.4 Å². The maximum Gasteiger partial charge on any atom is 0.227 e. The number of aliphatic hydroxyl groups is 1. The second-order valence-electron chi connectivity index (χ2n) is 4.97. The van der Waals surface area contributed by atoms with Crippen molar-refractivity contribution < 1.29 is 9.90 Å². The second kappa shape index (κ2) is 5.96. The van der Waals surface area contributed by atoms with Gasteiger partial charge in [-0.15, -0.1) is 0 Å². The maximum atomic E-state index is 12.1. The molecule has 0 spiro atoms. The van der Waals surface area contributed by atoms with Crippen molar-refractivity contribution in [1.82, 2.24) is 10.3 Å². The Morgan fingerprint density at radius 2 is 2.39 bits per heavy atom. The van der Waals surface area contributed by atoms with Crippen LogP contribution < -0.4 is 5.32 Å². The molecule has 0 aliphatic heterocycles. The number of nitrogens with one attached hydrogen (secondary N) is 1. The van der Waals surface area contributed by atoms with E-state index < -0.39 is 0 Å². The van der Waals surface area contributed by atoms with E-state index in [1.165, 1.54) is 0 Å². The smallest absolute Gasteiger partial charge is 0.227 e. The normalized spacial score (nSPS) is 18.1. The third-order valence-corrected chi connectivity index (χ3v) is 3.54. The molecule has 18 heavy (non-hydrogen) atoms. The summed E-state index contributed by atoms with van der Waals surface area (Å²) in [6.45, 7) is 2.01. The fourth-order valence-electron chi connectivity index (χ4n) is 2.15. The molecule has 4 nitrogen and oxygen atoms in total. The topological polar surface area (TPSA) is 62.2 Å². The van der Waals surface area contributed by atoms with Gasteiger partial charge < -0.3 is 10.4 Å². The van der Waals surface area contributed by atoms with Gasteiger partial charge in [0.1, 0.15) is 0 Å². The summed E-state index contributed by atoms with van der Waals surface area (Å²) in [5.74, 6) is 0.384. The summed E-state index contributed by atoms with van der Waals surface area (Å²) in [6, 6.07) is 3.88. The minimum absolute atomic E-state index is 0.0216. The Bertz CT molecular complexity index is 390. The molecule has 0 saturated heterocycles. The number of nitrogens with zero attached hydrogens (tertiary/aromatic N) is 1. The highest BCUT2D eigenvalue weighted by Crippen LogP contribution is 2.34. The Labute approximate surface area is 107 Å². The van der Waals surface area contributed by atoms with Gasteiger partial charge in [-0.2, -0.15) is 0 Å². The fraction of sp³-hybridized carbons (Fsp3) is 0.571. The van der Waals surface area contributed by atoms with Gasteiger partial charge in [0.2, 0.25) is 5.91 Å². The average Bonchev–Trinajstić information content (AvgIpc) is 3.22. The van der Waals surface area contributed by atoms with Gasteiger partial charge >= 0.3 is 0 Å². The van der Waals surface area contributed by atoms with Gasteiger partial charge in [-0.25, -0.2) is 0 Å². The monoisotopic (exact) mass is 248 g/mol. The number of carbonyl (C=O) groups excluding carboxylic acids is 1. The Morgan fingerprint density at radius 1 is 1.61 bits per heavy atom. The zero-order valence-corrected chi connectivity index (χ0v) is 10.7. The van der Waals surface area contributed by atoms with Crippen LogP contribution in [-0.2, 0) is 4.79 Å². The molecule has 0 bridgehead atoms. The quantitative estimate of drug-likeness (QED) is 0.801. The van der Waals surface area contributed by atoms with Crippen LogP contribution >= 0.6 is 0 Å². The lowest BCUT2D eigenvalue weighted by atomic mass is 10.0. The Kier molecular flexibility index (Phi) is 4.31. The van der Waals surface area contributed by atoms with Gasteiger partial charge in [0, 0.05) is 25.0 Å². The number of amides is 1. The highest BCUT2D eigenvalue weighted by atomic mass is 16.3. The van der Waals surface area contributed by atoms with Crippen LogP contribution in [0.15, 0.2) is 24.5 Å². The van der Waals surface area contributed by atoms with E-state index in [4.69, 9.17) is 5.11 Å². The van der Waals surface area contributed by atoms with Gasteiger partial charge in [-0.1, -0.05) is 6.07 Å². The number of aliphatic hydroxyl groups excluding tert-OH is 1. The molecular formula is C14H20N2O2. The first-order valence-corrected chi connectivity index (χ1v) is 6.53. The summed E-state index contributed by atoms with van der Waals surface area (Å²) in [5, 5.41) is 12.1. The van der Waals surface area contributed by atoms with Crippen molar-refractivity contribution in [2.45, 2.75) is 38.1 Å². The third-order valence-electron chi connectivity index (χ3n) is 3.54. The van der Waals surface area contributed by atoms with Crippen molar-refractivity contribution in [3.05, 3.63) is 30.1 Å². The van der Waals surface area contributed by atoms with Gasteiger partial charge in [0.25, 0.3) is 0 Å². The van der Waals surface area contributed by atoms with Crippen molar-refractivity contribution in [2.75, 3.05) is 6.61 Å². The van der Waals surface area contributed by atoms with Crippen LogP contribution in [0, 0.1) is 5.92 Å². The van der Waals surface area contributed by atoms with Crippen LogP contribution in [0.3, 0.4) is 0 Å². The van der Waals surface area contributed by atoms with E-state index in [0.717, 1.165) is 18.4 Å².